The molecule has 1 amide bonds. The van der Waals surface area contributed by atoms with Crippen LogP contribution in [-0.4, -0.2) is 62.7 Å². The first-order chi connectivity index (χ1) is 15.6. The summed E-state index contributed by atoms with van der Waals surface area (Å²) < 4.78 is 11.9. The summed E-state index contributed by atoms with van der Waals surface area (Å²) in [4.78, 5) is 12.6. The fourth-order valence-electron chi connectivity index (χ4n) is 3.56. The number of aromatic nitrogens is 4. The Labute approximate surface area is 215 Å². The van der Waals surface area contributed by atoms with Gasteiger partial charge in [-0.1, -0.05) is 44.0 Å². The molecule has 1 aromatic heterocycles. The smallest absolute Gasteiger partial charge is 0.248 e. The van der Waals surface area contributed by atoms with Crippen LogP contribution >= 0.6 is 0 Å². The van der Waals surface area contributed by atoms with Crippen molar-refractivity contribution in [1.82, 2.24) is 20.6 Å². The zero-order valence-corrected chi connectivity index (χ0v) is 21.3. The van der Waals surface area contributed by atoms with E-state index in [1.54, 1.807) is 6.08 Å². The molecule has 0 saturated carbocycles. The van der Waals surface area contributed by atoms with Crippen molar-refractivity contribution in [3.05, 3.63) is 65.0 Å². The Kier molecular flexibility index (Phi) is 9.05. The molecule has 4 rings (SSSR count). The molecule has 1 aliphatic rings. The van der Waals surface area contributed by atoms with E-state index in [9.17, 15) is 4.79 Å². The number of hydrogen-bond donors (Lipinski definition) is 2. The average Bonchev–Trinajstić information content (AvgIpc) is 3.33. The molecular formula is C24H27N5NaO3. The molecule has 9 heteroatoms. The molecule has 0 spiro atoms. The van der Waals surface area contributed by atoms with E-state index in [1.165, 1.54) is 30.9 Å². The minimum atomic E-state index is -0.484. The molecule has 1 radical (unpaired) electrons. The van der Waals surface area contributed by atoms with Gasteiger partial charge in [-0.3, -0.25) is 4.79 Å². The number of H-pyrrole nitrogens is 1. The number of ether oxygens (including phenoxy) is 2. The minimum Gasteiger partial charge on any atom is -0.485 e. The maximum absolute atomic E-state index is 12.6. The van der Waals surface area contributed by atoms with Gasteiger partial charge in [0.2, 0.25) is 5.91 Å². The maximum Gasteiger partial charge on any atom is 0.248 e. The van der Waals surface area contributed by atoms with E-state index in [0.717, 1.165) is 17.5 Å². The number of benzene rings is 2. The van der Waals surface area contributed by atoms with Crippen LogP contribution in [0.15, 0.2) is 42.5 Å². The summed E-state index contributed by atoms with van der Waals surface area (Å²) in [6.45, 7) is 4.41. The second-order valence-corrected chi connectivity index (χ2v) is 7.86. The Balaban J connectivity index is 0.00000306. The van der Waals surface area contributed by atoms with E-state index in [1.807, 2.05) is 31.2 Å². The third kappa shape index (κ3) is 6.66. The molecule has 1 aliphatic heterocycles. The Hall–Kier alpha value is -2.68. The molecular weight excluding hydrogens is 429 g/mol. The van der Waals surface area contributed by atoms with Crippen LogP contribution in [0.25, 0.3) is 6.08 Å². The number of anilines is 1. The Morgan fingerprint density at radius 1 is 1.24 bits per heavy atom. The predicted octanol–water partition coefficient (Wildman–Crippen LogP) is 4.02. The summed E-state index contributed by atoms with van der Waals surface area (Å²) in [5, 5.41) is 16.6. The molecule has 8 nitrogen and oxygen atoms in total. The van der Waals surface area contributed by atoms with Gasteiger partial charge in [0.15, 0.2) is 23.4 Å². The predicted molar refractivity (Wildman–Crippen MR) is 127 cm³/mol. The summed E-state index contributed by atoms with van der Waals surface area (Å²) in [5.41, 5.74) is 3.78. The third-order valence-corrected chi connectivity index (χ3v) is 5.25. The van der Waals surface area contributed by atoms with Crippen LogP contribution in [0.3, 0.4) is 0 Å². The zero-order chi connectivity index (χ0) is 22.3. The fraction of sp³-hybridized carbons (Fsp3) is 0.333. The second kappa shape index (κ2) is 12.0. The molecule has 2 heterocycles. The van der Waals surface area contributed by atoms with Crippen molar-refractivity contribution < 1.29 is 14.3 Å². The van der Waals surface area contributed by atoms with Gasteiger partial charge in [0.1, 0.15) is 6.61 Å². The summed E-state index contributed by atoms with van der Waals surface area (Å²) in [5.74, 6) is 1.25. The molecule has 1 unspecified atom stereocenters. The average molecular weight is 457 g/mol. The van der Waals surface area contributed by atoms with E-state index < -0.39 is 6.10 Å². The standard InChI is InChI=1S/C24H27N5O3.Na/c1-3-4-5-6-17-7-9-18(10-8-17)11-12-22(30)25-19-13-16(2)14-20-23(19)32-21(15-31-20)24-26-28-29-27-24;/h7-14,21H,3-6,15H2,1-2H3,(H,25,30)(H,26,27,28,29);. The number of fused-ring (bicyclic) bond motifs is 1. The largest absolute Gasteiger partial charge is 0.485 e. The van der Waals surface area contributed by atoms with Crippen molar-refractivity contribution in [2.45, 2.75) is 45.6 Å². The first-order valence-electron chi connectivity index (χ1n) is 10.9. The number of rotatable bonds is 8. The van der Waals surface area contributed by atoms with Crippen molar-refractivity contribution in [1.29, 1.82) is 0 Å². The quantitative estimate of drug-likeness (QED) is 0.302. The van der Waals surface area contributed by atoms with Gasteiger partial charge < -0.3 is 14.8 Å². The van der Waals surface area contributed by atoms with Gasteiger partial charge >= 0.3 is 0 Å². The number of carbonyl (C=O) groups excluding carboxylic acids is 1. The maximum atomic E-state index is 12.6. The molecule has 0 fully saturated rings. The SMILES string of the molecule is CCCCCc1ccc(C=CC(=O)Nc2cc(C)cc3c2OC(c2nnn[nH]2)CO3)cc1.[Na]. The van der Waals surface area contributed by atoms with E-state index in [4.69, 9.17) is 9.47 Å². The molecule has 33 heavy (non-hydrogen) atoms. The summed E-state index contributed by atoms with van der Waals surface area (Å²) in [7, 11) is 0. The molecule has 1 atom stereocenters. The number of unbranched alkanes of at least 4 members (excludes halogenated alkanes) is 2. The van der Waals surface area contributed by atoms with Gasteiger partial charge in [0, 0.05) is 35.6 Å². The van der Waals surface area contributed by atoms with Crippen LogP contribution in [0.2, 0.25) is 0 Å². The number of aryl methyl sites for hydroxylation is 2. The number of nitrogens with one attached hydrogen (secondary N) is 2. The first kappa shape index (κ1) is 25.0. The van der Waals surface area contributed by atoms with Crippen LogP contribution in [0, 0.1) is 6.92 Å². The van der Waals surface area contributed by atoms with Gasteiger partial charge in [-0.05, 0) is 65.1 Å². The number of nitrogens with zero attached hydrogens (tertiary/aromatic N) is 3. The van der Waals surface area contributed by atoms with E-state index in [0.29, 0.717) is 23.0 Å². The Morgan fingerprint density at radius 2 is 2.06 bits per heavy atom. The Bertz CT molecular complexity index is 1080. The van der Waals surface area contributed by atoms with E-state index in [2.05, 4.69) is 45.0 Å². The zero-order valence-electron chi connectivity index (χ0n) is 19.3. The van der Waals surface area contributed by atoms with Crippen molar-refractivity contribution in [2.24, 2.45) is 0 Å². The van der Waals surface area contributed by atoms with Gasteiger partial charge in [0.05, 0.1) is 5.69 Å². The molecule has 0 bridgehead atoms. The van der Waals surface area contributed by atoms with Crippen LogP contribution in [-0.2, 0) is 11.2 Å². The molecule has 0 aliphatic carbocycles. The minimum absolute atomic E-state index is 0. The summed E-state index contributed by atoms with van der Waals surface area (Å²) in [6.07, 6.45) is 7.58. The van der Waals surface area contributed by atoms with E-state index in [-0.39, 0.29) is 42.1 Å². The number of aromatic amines is 1. The molecule has 0 saturated heterocycles. The van der Waals surface area contributed by atoms with Crippen LogP contribution < -0.4 is 14.8 Å². The fourth-order valence-corrected chi connectivity index (χ4v) is 3.56. The van der Waals surface area contributed by atoms with Crippen LogP contribution in [0.4, 0.5) is 5.69 Å². The van der Waals surface area contributed by atoms with Crippen LogP contribution in [0.5, 0.6) is 11.5 Å². The van der Waals surface area contributed by atoms with Crippen molar-refractivity contribution >= 4 is 47.2 Å². The number of amides is 1. The number of carbonyl (C=O) groups is 1. The number of hydrogen-bond acceptors (Lipinski definition) is 6. The van der Waals surface area contributed by atoms with Crippen molar-refractivity contribution in [3.8, 4) is 11.5 Å². The van der Waals surface area contributed by atoms with Gasteiger partial charge in [-0.2, -0.15) is 0 Å². The molecule has 2 aromatic carbocycles. The van der Waals surface area contributed by atoms with Crippen molar-refractivity contribution in [3.63, 3.8) is 0 Å². The first-order valence-corrected chi connectivity index (χ1v) is 10.9. The monoisotopic (exact) mass is 456 g/mol. The number of tetrazole rings is 1. The molecule has 167 valence electrons. The topological polar surface area (TPSA) is 102 Å². The second-order valence-electron chi connectivity index (χ2n) is 7.86. The van der Waals surface area contributed by atoms with Gasteiger partial charge in [-0.25, -0.2) is 5.10 Å². The third-order valence-electron chi connectivity index (χ3n) is 5.25. The summed E-state index contributed by atoms with van der Waals surface area (Å²) in [6, 6.07) is 12.0. The van der Waals surface area contributed by atoms with E-state index >= 15 is 0 Å². The van der Waals surface area contributed by atoms with Crippen molar-refractivity contribution in [2.75, 3.05) is 11.9 Å². The van der Waals surface area contributed by atoms with Crippen LogP contribution in [0.1, 0.15) is 54.8 Å². The molecule has 3 aromatic rings. The van der Waals surface area contributed by atoms with Gasteiger partial charge in [0.25, 0.3) is 0 Å². The summed E-state index contributed by atoms with van der Waals surface area (Å²) >= 11 is 0. The van der Waals surface area contributed by atoms with Gasteiger partial charge in [-0.15, -0.1) is 5.10 Å². The normalized spacial score (nSPS) is 14.7. The molecule has 2 N–H and O–H groups in total. The Morgan fingerprint density at radius 3 is 2.79 bits per heavy atom.